The second-order valence-electron chi connectivity index (χ2n) is 6.94. The predicted octanol–water partition coefficient (Wildman–Crippen LogP) is 4.49. The van der Waals surface area contributed by atoms with Crippen LogP contribution in [0.3, 0.4) is 0 Å². The summed E-state index contributed by atoms with van der Waals surface area (Å²) in [6.07, 6.45) is 17.5. The van der Waals surface area contributed by atoms with Crippen molar-refractivity contribution in [1.82, 2.24) is 0 Å². The standard InChI is InChI=1S/C20H36O4/c1-2-3-4-5-6-7-8-9-10-11-12-13-14-15-16-17-18(21)20(23)24-19(17)22/h9-10,17-18,20-21,23H,2-8,11-16H2,1H3. The number of ether oxygens (including phenoxy) is 1. The van der Waals surface area contributed by atoms with E-state index in [1.807, 2.05) is 0 Å². The zero-order valence-corrected chi connectivity index (χ0v) is 15.3. The van der Waals surface area contributed by atoms with Crippen molar-refractivity contribution in [3.63, 3.8) is 0 Å². The molecule has 24 heavy (non-hydrogen) atoms. The minimum Gasteiger partial charge on any atom is -0.433 e. The van der Waals surface area contributed by atoms with Gasteiger partial charge in [0, 0.05) is 0 Å². The molecule has 0 saturated carbocycles. The fourth-order valence-electron chi connectivity index (χ4n) is 3.16. The Morgan fingerprint density at radius 2 is 1.42 bits per heavy atom. The van der Waals surface area contributed by atoms with E-state index in [1.54, 1.807) is 0 Å². The van der Waals surface area contributed by atoms with Crippen molar-refractivity contribution < 1.29 is 19.7 Å². The Labute approximate surface area is 147 Å². The van der Waals surface area contributed by atoms with E-state index in [2.05, 4.69) is 23.8 Å². The summed E-state index contributed by atoms with van der Waals surface area (Å²) in [5, 5.41) is 18.9. The molecular formula is C20H36O4. The maximum absolute atomic E-state index is 11.4. The first kappa shape index (κ1) is 21.2. The molecule has 0 aromatic carbocycles. The van der Waals surface area contributed by atoms with Crippen LogP contribution < -0.4 is 0 Å². The summed E-state index contributed by atoms with van der Waals surface area (Å²) < 4.78 is 4.61. The van der Waals surface area contributed by atoms with Crippen LogP contribution in [0, 0.1) is 5.92 Å². The second kappa shape index (κ2) is 13.4. The third-order valence-corrected chi connectivity index (χ3v) is 4.77. The number of unbranched alkanes of at least 4 members (excludes halogenated alkanes) is 10. The van der Waals surface area contributed by atoms with Gasteiger partial charge in [-0.15, -0.1) is 0 Å². The lowest BCUT2D eigenvalue weighted by molar-refractivity contribution is -0.159. The number of hydrogen-bond acceptors (Lipinski definition) is 4. The smallest absolute Gasteiger partial charge is 0.314 e. The van der Waals surface area contributed by atoms with E-state index < -0.39 is 24.3 Å². The Hall–Kier alpha value is -0.870. The molecule has 0 aromatic rings. The molecule has 0 aliphatic carbocycles. The van der Waals surface area contributed by atoms with Crippen molar-refractivity contribution in [1.29, 1.82) is 0 Å². The minimum absolute atomic E-state index is 0.465. The number of esters is 1. The monoisotopic (exact) mass is 340 g/mol. The van der Waals surface area contributed by atoms with Gasteiger partial charge >= 0.3 is 5.97 Å². The Morgan fingerprint density at radius 3 is 1.96 bits per heavy atom. The van der Waals surface area contributed by atoms with Crippen LogP contribution in [0.2, 0.25) is 0 Å². The van der Waals surface area contributed by atoms with Crippen LogP contribution >= 0.6 is 0 Å². The molecule has 0 bridgehead atoms. The molecular weight excluding hydrogens is 304 g/mol. The highest BCUT2D eigenvalue weighted by molar-refractivity contribution is 5.75. The topological polar surface area (TPSA) is 66.8 Å². The normalized spacial score (nSPS) is 24.0. The van der Waals surface area contributed by atoms with Crippen LogP contribution in [0.25, 0.3) is 0 Å². The minimum atomic E-state index is -1.33. The number of aliphatic hydroxyl groups is 2. The van der Waals surface area contributed by atoms with E-state index in [1.165, 1.54) is 51.4 Å². The van der Waals surface area contributed by atoms with Crippen molar-refractivity contribution in [2.45, 2.75) is 103 Å². The molecule has 1 aliphatic rings. The Balaban J connectivity index is 1.87. The van der Waals surface area contributed by atoms with Gasteiger partial charge in [0.25, 0.3) is 0 Å². The average molecular weight is 341 g/mol. The number of aliphatic hydroxyl groups excluding tert-OH is 2. The number of rotatable bonds is 14. The van der Waals surface area contributed by atoms with Gasteiger partial charge in [0.1, 0.15) is 6.10 Å². The number of carbonyl (C=O) groups excluding carboxylic acids is 1. The first-order valence-corrected chi connectivity index (χ1v) is 9.88. The first-order valence-electron chi connectivity index (χ1n) is 9.88. The van der Waals surface area contributed by atoms with E-state index in [4.69, 9.17) is 0 Å². The molecule has 0 aromatic heterocycles. The van der Waals surface area contributed by atoms with Crippen molar-refractivity contribution in [2.75, 3.05) is 0 Å². The lowest BCUT2D eigenvalue weighted by Crippen LogP contribution is -2.26. The lowest BCUT2D eigenvalue weighted by Gasteiger charge is -2.10. The number of hydrogen-bond donors (Lipinski definition) is 2. The molecule has 0 radical (unpaired) electrons. The van der Waals surface area contributed by atoms with Gasteiger partial charge in [-0.25, -0.2) is 0 Å². The Bertz CT molecular complexity index is 354. The summed E-state index contributed by atoms with van der Waals surface area (Å²) in [6.45, 7) is 2.25. The van der Waals surface area contributed by atoms with Gasteiger partial charge in [-0.05, 0) is 32.1 Å². The maximum Gasteiger partial charge on any atom is 0.314 e. The summed E-state index contributed by atoms with van der Waals surface area (Å²) in [6, 6.07) is 0. The summed E-state index contributed by atoms with van der Waals surface area (Å²) >= 11 is 0. The molecule has 0 amide bonds. The van der Waals surface area contributed by atoms with Crippen LogP contribution in [0.5, 0.6) is 0 Å². The third-order valence-electron chi connectivity index (χ3n) is 4.77. The molecule has 140 valence electrons. The van der Waals surface area contributed by atoms with Crippen LogP contribution in [-0.2, 0) is 9.53 Å². The van der Waals surface area contributed by atoms with Gasteiger partial charge < -0.3 is 14.9 Å². The average Bonchev–Trinajstić information content (AvgIpc) is 2.81. The molecule has 4 nitrogen and oxygen atoms in total. The molecule has 1 rings (SSSR count). The molecule has 2 N–H and O–H groups in total. The van der Waals surface area contributed by atoms with Crippen molar-refractivity contribution in [2.24, 2.45) is 5.92 Å². The molecule has 0 spiro atoms. The largest absolute Gasteiger partial charge is 0.433 e. The first-order chi connectivity index (χ1) is 11.7. The van der Waals surface area contributed by atoms with Crippen LogP contribution in [0.15, 0.2) is 12.2 Å². The predicted molar refractivity (Wildman–Crippen MR) is 96.4 cm³/mol. The second-order valence-corrected chi connectivity index (χ2v) is 6.94. The zero-order valence-electron chi connectivity index (χ0n) is 15.3. The van der Waals surface area contributed by atoms with Gasteiger partial charge in [0.05, 0.1) is 5.92 Å². The Morgan fingerprint density at radius 1 is 0.875 bits per heavy atom. The third kappa shape index (κ3) is 8.84. The molecule has 1 heterocycles. The summed E-state index contributed by atoms with van der Waals surface area (Å²) in [5.74, 6) is -1.01. The van der Waals surface area contributed by atoms with E-state index in [9.17, 15) is 15.0 Å². The highest BCUT2D eigenvalue weighted by Gasteiger charge is 2.42. The molecule has 1 aliphatic heterocycles. The highest BCUT2D eigenvalue weighted by atomic mass is 16.7. The van der Waals surface area contributed by atoms with Gasteiger partial charge in [-0.1, -0.05) is 70.4 Å². The van der Waals surface area contributed by atoms with Crippen molar-refractivity contribution in [3.8, 4) is 0 Å². The SMILES string of the molecule is CCCCCCCCC=CCCCCCCC1C(=O)OC(O)C1O. The molecule has 1 fully saturated rings. The van der Waals surface area contributed by atoms with E-state index in [0.717, 1.165) is 25.7 Å². The van der Waals surface area contributed by atoms with Gasteiger partial charge in [0.15, 0.2) is 0 Å². The summed E-state index contributed by atoms with van der Waals surface area (Å²) in [7, 11) is 0. The highest BCUT2D eigenvalue weighted by Crippen LogP contribution is 2.25. The summed E-state index contributed by atoms with van der Waals surface area (Å²) in [5.41, 5.74) is 0. The van der Waals surface area contributed by atoms with Crippen LogP contribution in [-0.4, -0.2) is 28.6 Å². The van der Waals surface area contributed by atoms with Crippen LogP contribution in [0.4, 0.5) is 0 Å². The lowest BCUT2D eigenvalue weighted by atomic mass is 9.96. The fourth-order valence-corrected chi connectivity index (χ4v) is 3.16. The van der Waals surface area contributed by atoms with E-state index in [-0.39, 0.29) is 0 Å². The molecule has 1 saturated heterocycles. The van der Waals surface area contributed by atoms with E-state index >= 15 is 0 Å². The number of carbonyl (C=O) groups is 1. The summed E-state index contributed by atoms with van der Waals surface area (Å²) in [4.78, 5) is 11.4. The van der Waals surface area contributed by atoms with Gasteiger partial charge in [0.2, 0.25) is 6.29 Å². The molecule has 3 atom stereocenters. The van der Waals surface area contributed by atoms with Crippen molar-refractivity contribution >= 4 is 5.97 Å². The van der Waals surface area contributed by atoms with Crippen LogP contribution in [0.1, 0.15) is 90.4 Å². The van der Waals surface area contributed by atoms with Crippen molar-refractivity contribution in [3.05, 3.63) is 12.2 Å². The molecule has 4 heteroatoms. The maximum atomic E-state index is 11.4. The number of allylic oxidation sites excluding steroid dienone is 2. The molecule has 3 unspecified atom stereocenters. The van der Waals surface area contributed by atoms with Gasteiger partial charge in [-0.2, -0.15) is 0 Å². The Kier molecular flexibility index (Phi) is 11.8. The fraction of sp³-hybridized carbons (Fsp3) is 0.850. The van der Waals surface area contributed by atoms with Gasteiger partial charge in [-0.3, -0.25) is 4.79 Å². The zero-order chi connectivity index (χ0) is 17.6. The quantitative estimate of drug-likeness (QED) is 0.278. The van der Waals surface area contributed by atoms with E-state index in [0.29, 0.717) is 6.42 Å². The number of cyclic esters (lactones) is 1.